The molecule has 0 aromatic carbocycles. The van der Waals surface area contributed by atoms with Gasteiger partial charge >= 0.3 is 6.03 Å². The molecule has 2 saturated heterocycles. The molecule has 2 heterocycles. The number of nitrogens with zero attached hydrogens (tertiary/aromatic N) is 2. The van der Waals surface area contributed by atoms with E-state index in [4.69, 9.17) is 12.2 Å². The molecule has 2 N–H and O–H groups in total. The van der Waals surface area contributed by atoms with Crippen molar-refractivity contribution in [3.63, 3.8) is 0 Å². The second kappa shape index (κ2) is 4.99. The predicted octanol–water partition coefficient (Wildman–Crippen LogP) is -0.552. The molecule has 2 rings (SSSR count). The van der Waals surface area contributed by atoms with Crippen LogP contribution < -0.4 is 10.6 Å². The molecule has 2 aliphatic rings. The topological polar surface area (TPSA) is 47.6 Å². The third-order valence-electron chi connectivity index (χ3n) is 2.14. The van der Waals surface area contributed by atoms with E-state index in [9.17, 15) is 4.79 Å². The summed E-state index contributed by atoms with van der Waals surface area (Å²) in [6, 6.07) is 0.0417. The van der Waals surface area contributed by atoms with E-state index in [1.54, 1.807) is 11.9 Å². The molecule has 0 radical (unpaired) electrons. The summed E-state index contributed by atoms with van der Waals surface area (Å²) in [5.74, 6) is 0. The number of likely N-dealkylation sites (N-methyl/N-ethyl adjacent to an activating group) is 2. The third kappa shape index (κ3) is 3.02. The molecule has 2 aliphatic heterocycles. The summed E-state index contributed by atoms with van der Waals surface area (Å²) in [4.78, 5) is 14.1. The molecule has 2 fully saturated rings. The summed E-state index contributed by atoms with van der Waals surface area (Å²) in [5, 5.41) is 6.56. The Kier molecular flexibility index (Phi) is 3.94. The second-order valence-electron chi connectivity index (χ2n) is 3.31. The lowest BCUT2D eigenvalue weighted by Crippen LogP contribution is -2.23. The molecule has 0 aromatic heterocycles. The van der Waals surface area contributed by atoms with Crippen molar-refractivity contribution in [2.75, 3.05) is 40.3 Å². The average molecular weight is 216 g/mol. The zero-order chi connectivity index (χ0) is 10.6. The summed E-state index contributed by atoms with van der Waals surface area (Å²) in [5.41, 5.74) is 0. The first-order valence-corrected chi connectivity index (χ1v) is 5.00. The van der Waals surface area contributed by atoms with Crippen LogP contribution in [0.1, 0.15) is 0 Å². The van der Waals surface area contributed by atoms with Crippen molar-refractivity contribution in [1.82, 2.24) is 20.4 Å². The maximum atomic E-state index is 10.4. The lowest BCUT2D eigenvalue weighted by Gasteiger charge is -2.05. The van der Waals surface area contributed by atoms with Gasteiger partial charge in [0.1, 0.15) is 0 Å². The molecule has 0 aromatic rings. The van der Waals surface area contributed by atoms with Gasteiger partial charge < -0.3 is 20.4 Å². The highest BCUT2D eigenvalue weighted by molar-refractivity contribution is 7.80. The molecule has 80 valence electrons. The first-order chi connectivity index (χ1) is 6.61. The second-order valence-corrected chi connectivity index (χ2v) is 3.69. The molecule has 0 atom stereocenters. The quantitative estimate of drug-likeness (QED) is 0.533. The van der Waals surface area contributed by atoms with E-state index in [2.05, 4.69) is 10.6 Å². The number of thiocarbonyl (C=S) groups is 1. The fourth-order valence-corrected chi connectivity index (χ4v) is 1.33. The van der Waals surface area contributed by atoms with Gasteiger partial charge in [0.05, 0.1) is 0 Å². The first-order valence-electron chi connectivity index (χ1n) is 4.59. The van der Waals surface area contributed by atoms with Crippen LogP contribution in [0.3, 0.4) is 0 Å². The highest BCUT2D eigenvalue weighted by atomic mass is 32.1. The van der Waals surface area contributed by atoms with Crippen LogP contribution in [-0.2, 0) is 0 Å². The number of hydrogen-bond donors (Lipinski definition) is 2. The minimum atomic E-state index is 0.0417. The van der Waals surface area contributed by atoms with Crippen LogP contribution in [0.4, 0.5) is 4.79 Å². The lowest BCUT2D eigenvalue weighted by atomic mass is 10.7. The van der Waals surface area contributed by atoms with Crippen LogP contribution >= 0.6 is 12.2 Å². The zero-order valence-corrected chi connectivity index (χ0v) is 9.36. The normalized spacial score (nSPS) is 20.1. The van der Waals surface area contributed by atoms with Crippen molar-refractivity contribution >= 4 is 23.4 Å². The van der Waals surface area contributed by atoms with Gasteiger partial charge in [-0.3, -0.25) is 0 Å². The summed E-state index contributed by atoms with van der Waals surface area (Å²) in [7, 11) is 3.77. The van der Waals surface area contributed by atoms with Gasteiger partial charge in [-0.1, -0.05) is 0 Å². The summed E-state index contributed by atoms with van der Waals surface area (Å²) >= 11 is 4.86. The standard InChI is InChI=1S/C4H8N2O.C4H8N2S/c2*1-6-3-2-5-4(6)7/h2*2-3H2,1H3,(H,5,7). The summed E-state index contributed by atoms with van der Waals surface area (Å²) < 4.78 is 0. The van der Waals surface area contributed by atoms with Crippen LogP contribution in [-0.4, -0.2) is 61.2 Å². The Morgan fingerprint density at radius 2 is 1.71 bits per heavy atom. The molecule has 0 saturated carbocycles. The molecule has 5 nitrogen and oxygen atoms in total. The van der Waals surface area contributed by atoms with Crippen LogP contribution in [0.25, 0.3) is 0 Å². The molecule has 14 heavy (non-hydrogen) atoms. The summed E-state index contributed by atoms with van der Waals surface area (Å²) in [6.07, 6.45) is 0. The van der Waals surface area contributed by atoms with Gasteiger partial charge in [-0.05, 0) is 12.2 Å². The Morgan fingerprint density at radius 1 is 1.14 bits per heavy atom. The molecule has 6 heteroatoms. The van der Waals surface area contributed by atoms with Crippen molar-refractivity contribution < 1.29 is 4.79 Å². The fourth-order valence-electron chi connectivity index (χ4n) is 1.13. The Bertz CT molecular complexity index is 209. The number of carbonyl (C=O) groups is 1. The highest BCUT2D eigenvalue weighted by Crippen LogP contribution is 1.89. The maximum absolute atomic E-state index is 10.4. The van der Waals surface area contributed by atoms with Crippen molar-refractivity contribution in [3.05, 3.63) is 0 Å². The van der Waals surface area contributed by atoms with Gasteiger partial charge in [0, 0.05) is 40.3 Å². The molecule has 2 amide bonds. The van der Waals surface area contributed by atoms with Gasteiger partial charge in [-0.15, -0.1) is 0 Å². The van der Waals surface area contributed by atoms with E-state index in [1.165, 1.54) is 0 Å². The molecule has 0 spiro atoms. The van der Waals surface area contributed by atoms with E-state index >= 15 is 0 Å². The number of amides is 2. The van der Waals surface area contributed by atoms with E-state index in [1.807, 2.05) is 11.9 Å². The average Bonchev–Trinajstić information content (AvgIpc) is 2.67. The number of rotatable bonds is 0. The number of hydrogen-bond acceptors (Lipinski definition) is 2. The third-order valence-corrected chi connectivity index (χ3v) is 2.60. The zero-order valence-electron chi connectivity index (χ0n) is 8.54. The number of urea groups is 1. The SMILES string of the molecule is CN1CCNC1=O.CN1CCNC1=S. The Balaban J connectivity index is 0.000000140. The van der Waals surface area contributed by atoms with Crippen molar-refractivity contribution in [2.45, 2.75) is 0 Å². The fraction of sp³-hybridized carbons (Fsp3) is 0.750. The van der Waals surface area contributed by atoms with Crippen LogP contribution in [0.2, 0.25) is 0 Å². The van der Waals surface area contributed by atoms with Crippen LogP contribution in [0.5, 0.6) is 0 Å². The van der Waals surface area contributed by atoms with Crippen LogP contribution in [0.15, 0.2) is 0 Å². The van der Waals surface area contributed by atoms with Crippen molar-refractivity contribution in [3.8, 4) is 0 Å². The number of carbonyl (C=O) groups excluding carboxylic acids is 1. The lowest BCUT2D eigenvalue weighted by molar-refractivity contribution is 0.226. The predicted molar refractivity (Wildman–Crippen MR) is 59.3 cm³/mol. The van der Waals surface area contributed by atoms with E-state index in [0.29, 0.717) is 0 Å². The molecular formula is C8H16N4OS. The monoisotopic (exact) mass is 216 g/mol. The Morgan fingerprint density at radius 3 is 1.86 bits per heavy atom. The van der Waals surface area contributed by atoms with Crippen molar-refractivity contribution in [1.29, 1.82) is 0 Å². The van der Waals surface area contributed by atoms with E-state index in [0.717, 1.165) is 31.3 Å². The molecule has 0 unspecified atom stereocenters. The minimum absolute atomic E-state index is 0.0417. The van der Waals surface area contributed by atoms with Crippen LogP contribution in [0, 0.1) is 0 Å². The smallest absolute Gasteiger partial charge is 0.317 e. The molecule has 0 aliphatic carbocycles. The number of nitrogens with one attached hydrogen (secondary N) is 2. The Hall–Kier alpha value is -1.04. The maximum Gasteiger partial charge on any atom is 0.317 e. The van der Waals surface area contributed by atoms with E-state index in [-0.39, 0.29) is 6.03 Å². The van der Waals surface area contributed by atoms with Gasteiger partial charge in [-0.25, -0.2) is 4.79 Å². The summed E-state index contributed by atoms with van der Waals surface area (Å²) in [6.45, 7) is 3.71. The largest absolute Gasteiger partial charge is 0.361 e. The molecule has 0 bridgehead atoms. The first kappa shape index (κ1) is 11.0. The van der Waals surface area contributed by atoms with Gasteiger partial charge in [0.2, 0.25) is 0 Å². The van der Waals surface area contributed by atoms with Gasteiger partial charge in [0.25, 0.3) is 0 Å². The Labute approximate surface area is 89.4 Å². The van der Waals surface area contributed by atoms with E-state index < -0.39 is 0 Å². The van der Waals surface area contributed by atoms with Gasteiger partial charge in [-0.2, -0.15) is 0 Å². The van der Waals surface area contributed by atoms with Gasteiger partial charge in [0.15, 0.2) is 5.11 Å². The van der Waals surface area contributed by atoms with Crippen molar-refractivity contribution in [2.24, 2.45) is 0 Å². The minimum Gasteiger partial charge on any atom is -0.361 e. The highest BCUT2D eigenvalue weighted by Gasteiger charge is 2.12. The molecular weight excluding hydrogens is 200 g/mol.